The lowest BCUT2D eigenvalue weighted by Gasteiger charge is -2.20. The zero-order valence-electron chi connectivity index (χ0n) is 10.8. The van der Waals surface area contributed by atoms with Crippen molar-refractivity contribution >= 4 is 11.7 Å². The number of phenolic OH excluding ortho intramolecular Hbond substituents is 1. The molecule has 1 aliphatic heterocycles. The van der Waals surface area contributed by atoms with E-state index >= 15 is 0 Å². The van der Waals surface area contributed by atoms with Gasteiger partial charge in [-0.25, -0.2) is 0 Å². The second-order valence-electron chi connectivity index (χ2n) is 4.97. The van der Waals surface area contributed by atoms with Crippen LogP contribution >= 0.6 is 0 Å². The van der Waals surface area contributed by atoms with Gasteiger partial charge >= 0.3 is 0 Å². The van der Waals surface area contributed by atoms with E-state index in [0.29, 0.717) is 0 Å². The lowest BCUT2D eigenvalue weighted by molar-refractivity contribution is -0.121. The van der Waals surface area contributed by atoms with Crippen molar-refractivity contribution in [2.24, 2.45) is 0 Å². The van der Waals surface area contributed by atoms with Crippen molar-refractivity contribution in [3.05, 3.63) is 41.6 Å². The van der Waals surface area contributed by atoms with Gasteiger partial charge < -0.3 is 25.4 Å². The summed E-state index contributed by atoms with van der Waals surface area (Å²) in [5.41, 5.74) is -1.36. The van der Waals surface area contributed by atoms with Crippen LogP contribution in [0, 0.1) is 0 Å². The molecule has 0 radical (unpaired) electrons. The first-order valence-corrected chi connectivity index (χ1v) is 6.32. The minimum absolute atomic E-state index is 0.0140. The predicted octanol–water partition coefficient (Wildman–Crippen LogP) is -0.921. The molecule has 2 aliphatic rings. The number of phenols is 1. The molecule has 1 fully saturated rings. The van der Waals surface area contributed by atoms with Crippen molar-refractivity contribution in [2.75, 3.05) is 6.61 Å². The third kappa shape index (κ3) is 2.02. The van der Waals surface area contributed by atoms with Crippen LogP contribution in [0.4, 0.5) is 0 Å². The Kier molecular flexibility index (Phi) is 3.05. The lowest BCUT2D eigenvalue weighted by Crippen LogP contribution is -2.44. The summed E-state index contributed by atoms with van der Waals surface area (Å²) in [6.07, 6.45) is -1.04. The number of carbonyl (C=O) groups excluding carboxylic acids is 2. The van der Waals surface area contributed by atoms with Gasteiger partial charge in [-0.2, -0.15) is 0 Å². The number of rotatable bonds is 3. The molecule has 4 N–H and O–H groups in total. The highest BCUT2D eigenvalue weighted by Gasteiger charge is 2.67. The Bertz CT molecular complexity index is 655. The van der Waals surface area contributed by atoms with Gasteiger partial charge in [-0.3, -0.25) is 9.59 Å². The van der Waals surface area contributed by atoms with Gasteiger partial charge in [0, 0.05) is 6.08 Å². The van der Waals surface area contributed by atoms with E-state index in [0.717, 1.165) is 6.08 Å². The number of benzene rings is 1. The predicted molar refractivity (Wildman–Crippen MR) is 69.4 cm³/mol. The molecule has 0 bridgehead atoms. The van der Waals surface area contributed by atoms with E-state index in [1.807, 2.05) is 0 Å². The zero-order chi connectivity index (χ0) is 15.2. The van der Waals surface area contributed by atoms with Crippen LogP contribution in [0.1, 0.15) is 10.4 Å². The number of carbonyl (C=O) groups is 2. The van der Waals surface area contributed by atoms with E-state index in [4.69, 9.17) is 9.84 Å². The molecule has 7 heteroatoms. The first-order valence-electron chi connectivity index (χ1n) is 6.32. The molecule has 7 nitrogen and oxygen atoms in total. The summed E-state index contributed by atoms with van der Waals surface area (Å²) in [6.45, 7) is -0.523. The van der Waals surface area contributed by atoms with Crippen LogP contribution in [-0.2, 0) is 9.53 Å². The lowest BCUT2D eigenvalue weighted by atomic mass is 9.89. The van der Waals surface area contributed by atoms with Gasteiger partial charge in [0.15, 0.2) is 11.4 Å². The number of aliphatic hydroxyl groups is 2. The number of aliphatic hydroxyl groups excluding tert-OH is 2. The molecule has 0 unspecified atom stereocenters. The molecular weight excluding hydrogens is 278 g/mol. The van der Waals surface area contributed by atoms with Gasteiger partial charge in [-0.15, -0.1) is 0 Å². The summed E-state index contributed by atoms with van der Waals surface area (Å²) in [7, 11) is 0. The number of ether oxygens (including phenoxy) is 1. The van der Waals surface area contributed by atoms with Gasteiger partial charge in [0.05, 0.1) is 17.9 Å². The van der Waals surface area contributed by atoms with Crippen LogP contribution in [0.3, 0.4) is 0 Å². The molecule has 1 amide bonds. The first-order chi connectivity index (χ1) is 9.99. The molecule has 0 spiro atoms. The molecular formula is C14H13NO6. The third-order valence-corrected chi connectivity index (χ3v) is 3.69. The number of fused-ring (bicyclic) bond motifs is 1. The summed E-state index contributed by atoms with van der Waals surface area (Å²) in [6, 6.07) is 5.91. The second kappa shape index (κ2) is 4.66. The number of hydrogen-bond donors (Lipinski definition) is 4. The Hall–Kier alpha value is -2.22. The quantitative estimate of drug-likeness (QED) is 0.535. The Balaban J connectivity index is 1.81. The van der Waals surface area contributed by atoms with Crippen LogP contribution in [0.2, 0.25) is 0 Å². The minimum Gasteiger partial charge on any atom is -0.507 e. The van der Waals surface area contributed by atoms with E-state index in [-0.39, 0.29) is 17.0 Å². The highest BCUT2D eigenvalue weighted by molar-refractivity contribution is 6.04. The van der Waals surface area contributed by atoms with E-state index in [1.54, 1.807) is 12.1 Å². The van der Waals surface area contributed by atoms with Gasteiger partial charge in [0.2, 0.25) is 0 Å². The third-order valence-electron chi connectivity index (χ3n) is 3.69. The molecule has 3 atom stereocenters. The molecule has 1 saturated heterocycles. The van der Waals surface area contributed by atoms with E-state index < -0.39 is 36.1 Å². The van der Waals surface area contributed by atoms with Gasteiger partial charge in [-0.05, 0) is 12.1 Å². The van der Waals surface area contributed by atoms with Crippen molar-refractivity contribution in [3.63, 3.8) is 0 Å². The normalized spacial score (nSPS) is 30.4. The summed E-state index contributed by atoms with van der Waals surface area (Å²) in [4.78, 5) is 23.9. The Morgan fingerprint density at radius 2 is 2.10 bits per heavy atom. The standard InChI is InChI=1S/C14H13NO6/c16-6-14-10(18)5-8(11(19)12(14)21-14)15-13(20)7-3-1-2-4-9(7)17/h1-5,11-12,16-17,19H,6H2,(H,15,20)/t11-,12-,14-/m0/s1. The van der Waals surface area contributed by atoms with Crippen molar-refractivity contribution in [2.45, 2.75) is 17.8 Å². The fraction of sp³-hybridized carbons (Fsp3) is 0.286. The first kappa shape index (κ1) is 13.7. The van der Waals surface area contributed by atoms with Crippen molar-refractivity contribution in [3.8, 4) is 5.75 Å². The van der Waals surface area contributed by atoms with Gasteiger partial charge in [-0.1, -0.05) is 12.1 Å². The Morgan fingerprint density at radius 3 is 2.76 bits per heavy atom. The zero-order valence-corrected chi connectivity index (χ0v) is 10.8. The second-order valence-corrected chi connectivity index (χ2v) is 4.97. The average molecular weight is 291 g/mol. The van der Waals surface area contributed by atoms with Crippen LogP contribution in [0.25, 0.3) is 0 Å². The maximum Gasteiger partial charge on any atom is 0.259 e. The summed E-state index contributed by atoms with van der Waals surface area (Å²) < 4.78 is 5.08. The van der Waals surface area contributed by atoms with Crippen LogP contribution in [0.15, 0.2) is 36.0 Å². The molecule has 21 heavy (non-hydrogen) atoms. The number of para-hydroxylation sites is 1. The van der Waals surface area contributed by atoms with Gasteiger partial charge in [0.25, 0.3) is 5.91 Å². The van der Waals surface area contributed by atoms with Crippen LogP contribution in [-0.4, -0.2) is 51.4 Å². The Labute approximate surface area is 119 Å². The monoisotopic (exact) mass is 291 g/mol. The van der Waals surface area contributed by atoms with E-state index in [2.05, 4.69) is 5.32 Å². The highest BCUT2D eigenvalue weighted by atomic mass is 16.6. The molecule has 1 aromatic rings. The van der Waals surface area contributed by atoms with Crippen LogP contribution < -0.4 is 5.32 Å². The number of ketones is 1. The molecule has 1 aliphatic carbocycles. The van der Waals surface area contributed by atoms with Gasteiger partial charge in [0.1, 0.15) is 18.0 Å². The fourth-order valence-corrected chi connectivity index (χ4v) is 2.40. The van der Waals surface area contributed by atoms with E-state index in [9.17, 15) is 19.8 Å². The number of epoxide rings is 1. The number of amides is 1. The molecule has 1 heterocycles. The van der Waals surface area contributed by atoms with E-state index in [1.165, 1.54) is 12.1 Å². The summed E-state index contributed by atoms with van der Waals surface area (Å²) in [5.74, 6) is -1.36. The molecule has 110 valence electrons. The van der Waals surface area contributed by atoms with Crippen molar-refractivity contribution < 1.29 is 29.6 Å². The molecule has 3 rings (SSSR count). The number of aromatic hydroxyl groups is 1. The maximum absolute atomic E-state index is 12.0. The van der Waals surface area contributed by atoms with Crippen molar-refractivity contribution in [1.29, 1.82) is 0 Å². The Morgan fingerprint density at radius 1 is 1.38 bits per heavy atom. The largest absolute Gasteiger partial charge is 0.507 e. The smallest absolute Gasteiger partial charge is 0.259 e. The molecule has 0 aromatic heterocycles. The summed E-state index contributed by atoms with van der Waals surface area (Å²) >= 11 is 0. The molecule has 0 saturated carbocycles. The minimum atomic E-state index is -1.37. The topological polar surface area (TPSA) is 119 Å². The number of nitrogens with one attached hydrogen (secondary N) is 1. The van der Waals surface area contributed by atoms with Crippen molar-refractivity contribution in [1.82, 2.24) is 5.32 Å². The number of hydrogen-bond acceptors (Lipinski definition) is 6. The maximum atomic E-state index is 12.0. The fourth-order valence-electron chi connectivity index (χ4n) is 2.40. The highest BCUT2D eigenvalue weighted by Crippen LogP contribution is 2.44. The SMILES string of the molecule is O=C(NC1=CC(=O)[C@]2(CO)O[C@H]2[C@H]1O)c1ccccc1O. The molecule has 1 aromatic carbocycles. The summed E-state index contributed by atoms with van der Waals surface area (Å²) in [5, 5.41) is 31.2. The average Bonchev–Trinajstić information content (AvgIpc) is 3.22. The van der Waals surface area contributed by atoms with Crippen LogP contribution in [0.5, 0.6) is 5.75 Å².